The van der Waals surface area contributed by atoms with Gasteiger partial charge >= 0.3 is 0 Å². The zero-order chi connectivity index (χ0) is 14.1. The molecule has 0 saturated heterocycles. The van der Waals surface area contributed by atoms with E-state index in [0.717, 1.165) is 26.9 Å². The monoisotopic (exact) mass is 329 g/mol. The molecule has 20 heavy (non-hydrogen) atoms. The van der Waals surface area contributed by atoms with Crippen LogP contribution in [0, 0.1) is 6.92 Å². The second-order valence-corrected chi connectivity index (χ2v) is 5.36. The first-order valence-electron chi connectivity index (χ1n) is 6.10. The Balaban J connectivity index is 2.24. The first-order chi connectivity index (χ1) is 9.66. The minimum atomic E-state index is 0.276. The molecule has 4 nitrogen and oxygen atoms in total. The molecule has 0 spiro atoms. The van der Waals surface area contributed by atoms with Crippen molar-refractivity contribution >= 4 is 21.8 Å². The molecule has 3 aromatic rings. The van der Waals surface area contributed by atoms with E-state index in [2.05, 4.69) is 26.1 Å². The molecule has 0 unspecified atom stereocenters. The molecule has 0 aliphatic heterocycles. The van der Waals surface area contributed by atoms with Crippen LogP contribution in [0.15, 0.2) is 51.6 Å². The van der Waals surface area contributed by atoms with Gasteiger partial charge in [0.2, 0.25) is 5.88 Å². The van der Waals surface area contributed by atoms with Crippen LogP contribution < -0.4 is 5.73 Å². The topological polar surface area (TPSA) is 64.9 Å². The molecule has 3 rings (SSSR count). The summed E-state index contributed by atoms with van der Waals surface area (Å²) in [5.74, 6) is 0.276. The number of nitrogen functional groups attached to an aromatic ring is 1. The van der Waals surface area contributed by atoms with Crippen molar-refractivity contribution in [2.75, 3.05) is 5.73 Å². The Labute approximate surface area is 124 Å². The van der Waals surface area contributed by atoms with Crippen molar-refractivity contribution in [1.29, 1.82) is 0 Å². The van der Waals surface area contributed by atoms with Gasteiger partial charge in [-0.3, -0.25) is 4.98 Å². The van der Waals surface area contributed by atoms with E-state index in [4.69, 9.17) is 10.3 Å². The molecule has 0 saturated carbocycles. The molecule has 2 aromatic heterocycles. The second kappa shape index (κ2) is 5.09. The maximum absolute atomic E-state index is 5.92. The van der Waals surface area contributed by atoms with Gasteiger partial charge in [-0.2, -0.15) is 0 Å². The summed E-state index contributed by atoms with van der Waals surface area (Å²) < 4.78 is 6.15. The smallest absolute Gasteiger partial charge is 0.232 e. The van der Waals surface area contributed by atoms with Crippen LogP contribution in [-0.4, -0.2) is 10.1 Å². The van der Waals surface area contributed by atoms with E-state index in [0.29, 0.717) is 5.69 Å². The van der Waals surface area contributed by atoms with E-state index in [-0.39, 0.29) is 5.88 Å². The SMILES string of the molecule is Cc1ccc(Br)cc1-c1noc(N)c1-c1ccccn1. The number of anilines is 1. The maximum atomic E-state index is 5.92. The van der Waals surface area contributed by atoms with E-state index in [9.17, 15) is 0 Å². The Morgan fingerprint density at radius 1 is 1.20 bits per heavy atom. The standard InChI is InChI=1S/C15H12BrN3O/c1-9-5-6-10(16)8-11(9)14-13(15(17)20-19-14)12-4-2-3-7-18-12/h2-8H,17H2,1H3. The number of aryl methyl sites for hydroxylation is 1. The van der Waals surface area contributed by atoms with Crippen LogP contribution in [0.1, 0.15) is 5.56 Å². The molecular weight excluding hydrogens is 318 g/mol. The molecule has 1 aromatic carbocycles. The van der Waals surface area contributed by atoms with Gasteiger partial charge in [-0.15, -0.1) is 0 Å². The molecule has 0 bridgehead atoms. The lowest BCUT2D eigenvalue weighted by Gasteiger charge is -2.05. The summed E-state index contributed by atoms with van der Waals surface area (Å²) >= 11 is 3.48. The summed E-state index contributed by atoms with van der Waals surface area (Å²) in [7, 11) is 0. The molecule has 2 N–H and O–H groups in total. The fraction of sp³-hybridized carbons (Fsp3) is 0.0667. The number of benzene rings is 1. The molecule has 0 fully saturated rings. The molecule has 0 amide bonds. The lowest BCUT2D eigenvalue weighted by atomic mass is 10.0. The predicted octanol–water partition coefficient (Wildman–Crippen LogP) is 4.06. The lowest BCUT2D eigenvalue weighted by molar-refractivity contribution is 0.439. The zero-order valence-corrected chi connectivity index (χ0v) is 12.4. The number of aromatic nitrogens is 2. The number of pyridine rings is 1. The zero-order valence-electron chi connectivity index (χ0n) is 10.8. The number of hydrogen-bond donors (Lipinski definition) is 1. The Morgan fingerprint density at radius 3 is 2.80 bits per heavy atom. The van der Waals surface area contributed by atoms with E-state index in [1.807, 2.05) is 43.3 Å². The average molecular weight is 330 g/mol. The molecule has 0 aliphatic rings. The molecule has 0 atom stereocenters. The summed E-state index contributed by atoms with van der Waals surface area (Å²) in [5.41, 5.74) is 10.2. The van der Waals surface area contributed by atoms with Gasteiger partial charge in [-0.1, -0.05) is 33.2 Å². The van der Waals surface area contributed by atoms with Crippen LogP contribution in [0.2, 0.25) is 0 Å². The van der Waals surface area contributed by atoms with Gasteiger partial charge in [0.15, 0.2) is 0 Å². The van der Waals surface area contributed by atoms with Crippen LogP contribution in [0.5, 0.6) is 0 Å². The van der Waals surface area contributed by atoms with Crippen LogP contribution in [0.25, 0.3) is 22.5 Å². The number of halogens is 1. The molecule has 5 heteroatoms. The van der Waals surface area contributed by atoms with Crippen molar-refractivity contribution in [2.45, 2.75) is 6.92 Å². The summed E-state index contributed by atoms with van der Waals surface area (Å²) in [6, 6.07) is 11.7. The van der Waals surface area contributed by atoms with Crippen molar-refractivity contribution in [3.63, 3.8) is 0 Å². The first kappa shape index (κ1) is 12.9. The van der Waals surface area contributed by atoms with Gasteiger partial charge in [-0.25, -0.2) is 0 Å². The van der Waals surface area contributed by atoms with E-state index >= 15 is 0 Å². The number of nitrogens with zero attached hydrogens (tertiary/aromatic N) is 2. The van der Waals surface area contributed by atoms with Crippen molar-refractivity contribution in [2.24, 2.45) is 0 Å². The highest BCUT2D eigenvalue weighted by Gasteiger charge is 2.19. The van der Waals surface area contributed by atoms with Crippen molar-refractivity contribution in [1.82, 2.24) is 10.1 Å². The number of rotatable bonds is 2. The average Bonchev–Trinajstić information content (AvgIpc) is 2.84. The van der Waals surface area contributed by atoms with Crippen molar-refractivity contribution in [3.8, 4) is 22.5 Å². The molecular formula is C15H12BrN3O. The molecule has 100 valence electrons. The van der Waals surface area contributed by atoms with Gasteiger partial charge in [0, 0.05) is 16.2 Å². The molecule has 2 heterocycles. The first-order valence-corrected chi connectivity index (χ1v) is 6.89. The van der Waals surface area contributed by atoms with E-state index in [1.165, 1.54) is 0 Å². The van der Waals surface area contributed by atoms with Gasteiger partial charge < -0.3 is 10.3 Å². The van der Waals surface area contributed by atoms with Gasteiger partial charge in [0.1, 0.15) is 5.69 Å². The third kappa shape index (κ3) is 2.20. The maximum Gasteiger partial charge on any atom is 0.232 e. The highest BCUT2D eigenvalue weighted by atomic mass is 79.9. The second-order valence-electron chi connectivity index (χ2n) is 4.44. The van der Waals surface area contributed by atoms with Crippen LogP contribution in [0.3, 0.4) is 0 Å². The molecule has 0 radical (unpaired) electrons. The minimum absolute atomic E-state index is 0.276. The Hall–Kier alpha value is -2.14. The van der Waals surface area contributed by atoms with Crippen LogP contribution in [-0.2, 0) is 0 Å². The highest BCUT2D eigenvalue weighted by molar-refractivity contribution is 9.10. The largest absolute Gasteiger partial charge is 0.367 e. The van der Waals surface area contributed by atoms with Gasteiger partial charge in [0.05, 0.1) is 11.3 Å². The molecule has 0 aliphatic carbocycles. The Morgan fingerprint density at radius 2 is 2.05 bits per heavy atom. The predicted molar refractivity (Wildman–Crippen MR) is 82.0 cm³/mol. The van der Waals surface area contributed by atoms with E-state index in [1.54, 1.807) is 6.20 Å². The number of nitrogens with two attached hydrogens (primary N) is 1. The summed E-state index contributed by atoms with van der Waals surface area (Å²) in [6.45, 7) is 2.02. The normalized spacial score (nSPS) is 10.7. The third-order valence-electron chi connectivity index (χ3n) is 3.09. The third-order valence-corrected chi connectivity index (χ3v) is 3.59. The Bertz CT molecular complexity index is 753. The fourth-order valence-corrected chi connectivity index (χ4v) is 2.46. The lowest BCUT2D eigenvalue weighted by Crippen LogP contribution is -1.91. The van der Waals surface area contributed by atoms with Crippen molar-refractivity contribution in [3.05, 3.63) is 52.6 Å². The van der Waals surface area contributed by atoms with Crippen LogP contribution >= 0.6 is 15.9 Å². The van der Waals surface area contributed by atoms with E-state index < -0.39 is 0 Å². The minimum Gasteiger partial charge on any atom is -0.367 e. The highest BCUT2D eigenvalue weighted by Crippen LogP contribution is 2.37. The summed E-state index contributed by atoms with van der Waals surface area (Å²) in [5, 5.41) is 4.10. The number of hydrogen-bond acceptors (Lipinski definition) is 4. The van der Waals surface area contributed by atoms with Gasteiger partial charge in [0.25, 0.3) is 0 Å². The van der Waals surface area contributed by atoms with Crippen LogP contribution in [0.4, 0.5) is 5.88 Å². The summed E-state index contributed by atoms with van der Waals surface area (Å²) in [6.07, 6.45) is 1.72. The quantitative estimate of drug-likeness (QED) is 0.770. The summed E-state index contributed by atoms with van der Waals surface area (Å²) in [4.78, 5) is 4.33. The van der Waals surface area contributed by atoms with Gasteiger partial charge in [-0.05, 0) is 36.8 Å². The fourth-order valence-electron chi connectivity index (χ4n) is 2.09. The van der Waals surface area contributed by atoms with Crippen molar-refractivity contribution < 1.29 is 4.52 Å². The Kier molecular flexibility index (Phi) is 3.28.